The van der Waals surface area contributed by atoms with E-state index in [2.05, 4.69) is 59.0 Å². The highest BCUT2D eigenvalue weighted by molar-refractivity contribution is 9.10. The van der Waals surface area contributed by atoms with Gasteiger partial charge in [-0.3, -0.25) is 4.68 Å². The standard InChI is InChI=1S/C13H21BrN6/c1-6-8-10(14)9(19(5)17-8)7-20-11(13(2,3)4)12(15)16-18-20/h6-7,15H2,1-5H3. The Kier molecular flexibility index (Phi) is 3.90. The van der Waals surface area contributed by atoms with Gasteiger partial charge in [-0.25, -0.2) is 4.68 Å². The third kappa shape index (κ3) is 2.59. The zero-order valence-corrected chi connectivity index (χ0v) is 14.2. The van der Waals surface area contributed by atoms with Crippen molar-refractivity contribution in [3.63, 3.8) is 0 Å². The summed E-state index contributed by atoms with van der Waals surface area (Å²) >= 11 is 3.63. The van der Waals surface area contributed by atoms with Crippen LogP contribution in [0.1, 0.15) is 44.8 Å². The van der Waals surface area contributed by atoms with Crippen LogP contribution in [0.2, 0.25) is 0 Å². The van der Waals surface area contributed by atoms with Crippen molar-refractivity contribution in [3.05, 3.63) is 21.6 Å². The molecule has 0 aliphatic rings. The molecule has 110 valence electrons. The lowest BCUT2D eigenvalue weighted by atomic mass is 9.92. The number of aryl methyl sites for hydroxylation is 2. The van der Waals surface area contributed by atoms with E-state index < -0.39 is 0 Å². The summed E-state index contributed by atoms with van der Waals surface area (Å²) in [4.78, 5) is 0. The number of anilines is 1. The summed E-state index contributed by atoms with van der Waals surface area (Å²) in [5.74, 6) is 0.492. The van der Waals surface area contributed by atoms with Gasteiger partial charge in [-0.2, -0.15) is 5.10 Å². The Bertz CT molecular complexity index is 620. The van der Waals surface area contributed by atoms with Gasteiger partial charge in [-0.15, -0.1) is 5.10 Å². The number of rotatable bonds is 3. The predicted octanol–water partition coefficient (Wildman–Crippen LogP) is 2.26. The van der Waals surface area contributed by atoms with Gasteiger partial charge >= 0.3 is 0 Å². The van der Waals surface area contributed by atoms with Crippen molar-refractivity contribution in [2.75, 3.05) is 5.73 Å². The molecule has 0 saturated carbocycles. The second kappa shape index (κ2) is 5.20. The van der Waals surface area contributed by atoms with Gasteiger partial charge in [-0.05, 0) is 22.4 Å². The molecule has 0 spiro atoms. The summed E-state index contributed by atoms with van der Waals surface area (Å²) in [5.41, 5.74) is 8.92. The molecule has 0 radical (unpaired) electrons. The second-order valence-electron chi connectivity index (χ2n) is 5.92. The molecule has 0 atom stereocenters. The van der Waals surface area contributed by atoms with E-state index in [1.807, 2.05) is 16.4 Å². The zero-order chi connectivity index (χ0) is 15.1. The van der Waals surface area contributed by atoms with Crippen molar-refractivity contribution in [3.8, 4) is 0 Å². The van der Waals surface area contributed by atoms with E-state index in [9.17, 15) is 0 Å². The van der Waals surface area contributed by atoms with E-state index in [-0.39, 0.29) is 5.41 Å². The molecule has 2 aromatic rings. The van der Waals surface area contributed by atoms with Crippen molar-refractivity contribution in [1.82, 2.24) is 24.8 Å². The number of hydrogen-bond donors (Lipinski definition) is 1. The minimum absolute atomic E-state index is 0.105. The monoisotopic (exact) mass is 340 g/mol. The van der Waals surface area contributed by atoms with Gasteiger partial charge in [-0.1, -0.05) is 32.9 Å². The molecule has 0 unspecified atom stereocenters. The number of nitrogen functional groups attached to an aromatic ring is 1. The summed E-state index contributed by atoms with van der Waals surface area (Å²) < 4.78 is 4.78. The average molecular weight is 341 g/mol. The van der Waals surface area contributed by atoms with E-state index in [1.54, 1.807) is 0 Å². The molecule has 7 heteroatoms. The van der Waals surface area contributed by atoms with E-state index in [0.717, 1.165) is 28.0 Å². The molecule has 0 amide bonds. The minimum atomic E-state index is -0.105. The van der Waals surface area contributed by atoms with E-state index >= 15 is 0 Å². The summed E-state index contributed by atoms with van der Waals surface area (Å²) in [6, 6.07) is 0. The van der Waals surface area contributed by atoms with Crippen LogP contribution in [0.5, 0.6) is 0 Å². The summed E-state index contributed by atoms with van der Waals surface area (Å²) in [6.07, 6.45) is 0.889. The molecule has 0 aliphatic heterocycles. The number of hydrogen-bond acceptors (Lipinski definition) is 4. The molecule has 20 heavy (non-hydrogen) atoms. The van der Waals surface area contributed by atoms with Gasteiger partial charge in [0, 0.05) is 12.5 Å². The van der Waals surface area contributed by atoms with Crippen LogP contribution in [0.25, 0.3) is 0 Å². The fraction of sp³-hybridized carbons (Fsp3) is 0.615. The quantitative estimate of drug-likeness (QED) is 0.929. The van der Waals surface area contributed by atoms with Gasteiger partial charge in [0.05, 0.1) is 28.1 Å². The van der Waals surface area contributed by atoms with Crippen molar-refractivity contribution in [2.24, 2.45) is 7.05 Å². The number of nitrogens with zero attached hydrogens (tertiary/aromatic N) is 5. The van der Waals surface area contributed by atoms with Crippen LogP contribution >= 0.6 is 15.9 Å². The Morgan fingerprint density at radius 2 is 1.95 bits per heavy atom. The summed E-state index contributed by atoms with van der Waals surface area (Å²) in [7, 11) is 1.94. The molecule has 2 rings (SSSR count). The molecule has 6 nitrogen and oxygen atoms in total. The molecule has 0 saturated heterocycles. The Labute approximate surface area is 127 Å². The van der Waals surface area contributed by atoms with Crippen LogP contribution in [-0.2, 0) is 25.4 Å². The summed E-state index contributed by atoms with van der Waals surface area (Å²) in [6.45, 7) is 9.00. The van der Waals surface area contributed by atoms with Crippen LogP contribution in [0.15, 0.2) is 4.47 Å². The molecule has 2 aromatic heterocycles. The normalized spacial score (nSPS) is 12.1. The van der Waals surface area contributed by atoms with Crippen molar-refractivity contribution < 1.29 is 0 Å². The van der Waals surface area contributed by atoms with E-state index in [4.69, 9.17) is 5.73 Å². The fourth-order valence-corrected chi connectivity index (χ4v) is 3.08. The third-order valence-electron chi connectivity index (χ3n) is 3.27. The van der Waals surface area contributed by atoms with Crippen molar-refractivity contribution >= 4 is 21.7 Å². The van der Waals surface area contributed by atoms with Gasteiger partial charge < -0.3 is 5.73 Å². The van der Waals surface area contributed by atoms with Crippen LogP contribution in [0.3, 0.4) is 0 Å². The Morgan fingerprint density at radius 1 is 1.30 bits per heavy atom. The summed E-state index contributed by atoms with van der Waals surface area (Å²) in [5, 5.41) is 12.7. The SMILES string of the molecule is CCc1nn(C)c(Cn2nnc(N)c2C(C)(C)C)c1Br. The molecular weight excluding hydrogens is 320 g/mol. The van der Waals surface area contributed by atoms with Crippen LogP contribution < -0.4 is 5.73 Å². The topological polar surface area (TPSA) is 74.5 Å². The highest BCUT2D eigenvalue weighted by Gasteiger charge is 2.25. The first-order chi connectivity index (χ1) is 9.25. The highest BCUT2D eigenvalue weighted by atomic mass is 79.9. The molecule has 2 N–H and O–H groups in total. The number of aromatic nitrogens is 5. The smallest absolute Gasteiger partial charge is 0.169 e. The first-order valence-corrected chi connectivity index (χ1v) is 7.44. The molecule has 0 bridgehead atoms. The fourth-order valence-electron chi connectivity index (χ4n) is 2.34. The van der Waals surface area contributed by atoms with Crippen molar-refractivity contribution in [1.29, 1.82) is 0 Å². The first-order valence-electron chi connectivity index (χ1n) is 6.65. The maximum absolute atomic E-state index is 5.96. The second-order valence-corrected chi connectivity index (χ2v) is 6.71. The first kappa shape index (κ1) is 15.0. The molecular formula is C13H21BrN6. The predicted molar refractivity (Wildman–Crippen MR) is 82.5 cm³/mol. The maximum Gasteiger partial charge on any atom is 0.169 e. The third-order valence-corrected chi connectivity index (χ3v) is 4.19. The van der Waals surface area contributed by atoms with Crippen molar-refractivity contribution in [2.45, 2.75) is 46.1 Å². The zero-order valence-electron chi connectivity index (χ0n) is 12.6. The van der Waals surface area contributed by atoms with Crippen LogP contribution in [0, 0.1) is 0 Å². The Morgan fingerprint density at radius 3 is 2.45 bits per heavy atom. The molecule has 0 aliphatic carbocycles. The highest BCUT2D eigenvalue weighted by Crippen LogP contribution is 2.28. The average Bonchev–Trinajstić information content (AvgIpc) is 2.83. The maximum atomic E-state index is 5.96. The lowest BCUT2D eigenvalue weighted by Crippen LogP contribution is -2.21. The van der Waals surface area contributed by atoms with E-state index in [1.165, 1.54) is 0 Å². The van der Waals surface area contributed by atoms with Gasteiger partial charge in [0.2, 0.25) is 0 Å². The number of halogens is 1. The van der Waals surface area contributed by atoms with Crippen LogP contribution in [0.4, 0.5) is 5.82 Å². The lowest BCUT2D eigenvalue weighted by Gasteiger charge is -2.20. The van der Waals surface area contributed by atoms with Gasteiger partial charge in [0.1, 0.15) is 0 Å². The van der Waals surface area contributed by atoms with Gasteiger partial charge in [0.15, 0.2) is 5.82 Å². The van der Waals surface area contributed by atoms with E-state index in [0.29, 0.717) is 12.4 Å². The largest absolute Gasteiger partial charge is 0.381 e. The molecule has 0 fully saturated rings. The lowest BCUT2D eigenvalue weighted by molar-refractivity contribution is 0.492. The molecule has 0 aromatic carbocycles. The number of nitrogens with two attached hydrogens (primary N) is 1. The Hall–Kier alpha value is -1.37. The Balaban J connectivity index is 2.44. The van der Waals surface area contributed by atoms with Gasteiger partial charge in [0.25, 0.3) is 0 Å². The minimum Gasteiger partial charge on any atom is -0.381 e. The van der Waals surface area contributed by atoms with Crippen LogP contribution in [-0.4, -0.2) is 24.8 Å². The molecule has 2 heterocycles.